The van der Waals surface area contributed by atoms with Crippen LogP contribution >= 0.6 is 0 Å². The van der Waals surface area contributed by atoms with E-state index in [1.807, 2.05) is 0 Å². The third-order valence-corrected chi connectivity index (χ3v) is 3.99. The molecule has 1 saturated heterocycles. The standard InChI is InChI=1S/C16H25NO/c1-3-15(13-8-6-5-7-9-13)17-12-14-10-11-18-16(14)4-2/h5-9,14-17H,3-4,10-12H2,1-2H3. The number of hydrogen-bond donors (Lipinski definition) is 1. The van der Waals surface area contributed by atoms with Crippen molar-refractivity contribution in [2.24, 2.45) is 5.92 Å². The van der Waals surface area contributed by atoms with Crippen molar-refractivity contribution in [3.05, 3.63) is 35.9 Å². The van der Waals surface area contributed by atoms with Crippen LogP contribution in [0.1, 0.15) is 44.7 Å². The molecule has 3 atom stereocenters. The molecule has 1 heterocycles. The predicted octanol–water partition coefficient (Wildman–Crippen LogP) is 3.54. The fourth-order valence-corrected chi connectivity index (χ4v) is 2.85. The van der Waals surface area contributed by atoms with Crippen LogP contribution in [0.5, 0.6) is 0 Å². The molecule has 0 aromatic heterocycles. The van der Waals surface area contributed by atoms with Gasteiger partial charge in [0.25, 0.3) is 0 Å². The van der Waals surface area contributed by atoms with Crippen LogP contribution in [0.15, 0.2) is 30.3 Å². The molecular formula is C16H25NO. The first-order chi connectivity index (χ1) is 8.85. The first kappa shape index (κ1) is 13.6. The molecule has 2 heteroatoms. The summed E-state index contributed by atoms with van der Waals surface area (Å²) in [5.41, 5.74) is 1.40. The molecule has 0 bridgehead atoms. The van der Waals surface area contributed by atoms with E-state index in [4.69, 9.17) is 4.74 Å². The minimum absolute atomic E-state index is 0.464. The lowest BCUT2D eigenvalue weighted by atomic mass is 9.98. The van der Waals surface area contributed by atoms with Gasteiger partial charge in [0.15, 0.2) is 0 Å². The van der Waals surface area contributed by atoms with Gasteiger partial charge in [0.1, 0.15) is 0 Å². The molecule has 0 radical (unpaired) electrons. The highest BCUT2D eigenvalue weighted by Crippen LogP contribution is 2.24. The molecule has 1 fully saturated rings. The van der Waals surface area contributed by atoms with Gasteiger partial charge in [-0.2, -0.15) is 0 Å². The van der Waals surface area contributed by atoms with Gasteiger partial charge >= 0.3 is 0 Å². The molecule has 1 aromatic rings. The quantitative estimate of drug-likeness (QED) is 0.830. The molecule has 2 nitrogen and oxygen atoms in total. The Kier molecular flexibility index (Phi) is 5.21. The van der Waals surface area contributed by atoms with Crippen LogP contribution in [0.4, 0.5) is 0 Å². The monoisotopic (exact) mass is 247 g/mol. The van der Waals surface area contributed by atoms with E-state index < -0.39 is 0 Å². The zero-order valence-electron chi connectivity index (χ0n) is 11.6. The molecule has 1 aromatic carbocycles. The van der Waals surface area contributed by atoms with Crippen LogP contribution in [0.2, 0.25) is 0 Å². The van der Waals surface area contributed by atoms with E-state index in [-0.39, 0.29) is 0 Å². The fourth-order valence-electron chi connectivity index (χ4n) is 2.85. The molecule has 0 spiro atoms. The van der Waals surface area contributed by atoms with Crippen molar-refractivity contribution in [3.63, 3.8) is 0 Å². The van der Waals surface area contributed by atoms with Crippen molar-refractivity contribution in [2.75, 3.05) is 13.2 Å². The second-order valence-electron chi connectivity index (χ2n) is 5.15. The molecule has 1 aliphatic heterocycles. The third kappa shape index (κ3) is 3.33. The van der Waals surface area contributed by atoms with Crippen LogP contribution in [-0.2, 0) is 4.74 Å². The zero-order chi connectivity index (χ0) is 12.8. The smallest absolute Gasteiger partial charge is 0.0613 e. The maximum absolute atomic E-state index is 5.75. The lowest BCUT2D eigenvalue weighted by Crippen LogP contribution is -2.31. The Morgan fingerprint density at radius 3 is 2.72 bits per heavy atom. The number of rotatable bonds is 6. The average molecular weight is 247 g/mol. The molecule has 0 amide bonds. The van der Waals surface area contributed by atoms with E-state index >= 15 is 0 Å². The minimum atomic E-state index is 0.464. The van der Waals surface area contributed by atoms with E-state index in [0.29, 0.717) is 18.1 Å². The number of nitrogens with one attached hydrogen (secondary N) is 1. The highest BCUT2D eigenvalue weighted by Gasteiger charge is 2.26. The predicted molar refractivity (Wildman–Crippen MR) is 75.6 cm³/mol. The summed E-state index contributed by atoms with van der Waals surface area (Å²) in [5.74, 6) is 0.688. The van der Waals surface area contributed by atoms with Gasteiger partial charge in [-0.05, 0) is 30.7 Å². The summed E-state index contributed by atoms with van der Waals surface area (Å²) in [4.78, 5) is 0. The second-order valence-corrected chi connectivity index (χ2v) is 5.15. The molecule has 3 unspecified atom stereocenters. The molecule has 1 aliphatic rings. The Morgan fingerprint density at radius 1 is 1.28 bits per heavy atom. The number of benzene rings is 1. The van der Waals surface area contributed by atoms with Gasteiger partial charge in [-0.25, -0.2) is 0 Å². The lowest BCUT2D eigenvalue weighted by molar-refractivity contribution is 0.0865. The molecule has 100 valence electrons. The number of ether oxygens (including phenoxy) is 1. The summed E-state index contributed by atoms with van der Waals surface area (Å²) in [5, 5.41) is 3.71. The van der Waals surface area contributed by atoms with Crippen molar-refractivity contribution in [1.29, 1.82) is 0 Å². The molecule has 2 rings (SSSR count). The van der Waals surface area contributed by atoms with E-state index in [9.17, 15) is 0 Å². The van der Waals surface area contributed by atoms with Crippen molar-refractivity contribution >= 4 is 0 Å². The van der Waals surface area contributed by atoms with Crippen molar-refractivity contribution in [2.45, 2.75) is 45.3 Å². The Balaban J connectivity index is 1.88. The van der Waals surface area contributed by atoms with Gasteiger partial charge in [-0.3, -0.25) is 0 Å². The SMILES string of the molecule is CCC(NCC1CCOC1CC)c1ccccc1. The summed E-state index contributed by atoms with van der Waals surface area (Å²) in [7, 11) is 0. The second kappa shape index (κ2) is 6.91. The lowest BCUT2D eigenvalue weighted by Gasteiger charge is -2.22. The van der Waals surface area contributed by atoms with Crippen LogP contribution in [0.25, 0.3) is 0 Å². The fraction of sp³-hybridized carbons (Fsp3) is 0.625. The summed E-state index contributed by atoms with van der Waals surface area (Å²) >= 11 is 0. The normalized spacial score (nSPS) is 25.2. The van der Waals surface area contributed by atoms with Crippen molar-refractivity contribution in [3.8, 4) is 0 Å². The molecule has 0 saturated carbocycles. The first-order valence-corrected chi connectivity index (χ1v) is 7.25. The van der Waals surface area contributed by atoms with Gasteiger partial charge in [0.05, 0.1) is 6.10 Å². The topological polar surface area (TPSA) is 21.3 Å². The van der Waals surface area contributed by atoms with Gasteiger partial charge < -0.3 is 10.1 Å². The maximum atomic E-state index is 5.75. The molecule has 0 aliphatic carbocycles. The Bertz CT molecular complexity index is 338. The molecule has 18 heavy (non-hydrogen) atoms. The van der Waals surface area contributed by atoms with E-state index in [2.05, 4.69) is 49.5 Å². The van der Waals surface area contributed by atoms with Crippen LogP contribution in [0, 0.1) is 5.92 Å². The van der Waals surface area contributed by atoms with E-state index in [1.165, 1.54) is 12.0 Å². The Hall–Kier alpha value is -0.860. The van der Waals surface area contributed by atoms with Crippen LogP contribution < -0.4 is 5.32 Å². The summed E-state index contributed by atoms with van der Waals surface area (Å²) in [6.07, 6.45) is 3.94. The van der Waals surface area contributed by atoms with Crippen LogP contribution in [-0.4, -0.2) is 19.3 Å². The summed E-state index contributed by atoms with van der Waals surface area (Å²) in [6, 6.07) is 11.2. The Morgan fingerprint density at radius 2 is 2.06 bits per heavy atom. The average Bonchev–Trinajstić information content (AvgIpc) is 2.88. The van der Waals surface area contributed by atoms with E-state index in [1.54, 1.807) is 0 Å². The zero-order valence-corrected chi connectivity index (χ0v) is 11.6. The largest absolute Gasteiger partial charge is 0.378 e. The molecule has 1 N–H and O–H groups in total. The Labute approximate surface area is 111 Å². The van der Waals surface area contributed by atoms with Crippen molar-refractivity contribution < 1.29 is 4.74 Å². The summed E-state index contributed by atoms with van der Waals surface area (Å²) < 4.78 is 5.75. The van der Waals surface area contributed by atoms with E-state index in [0.717, 1.165) is 26.0 Å². The van der Waals surface area contributed by atoms with Gasteiger partial charge in [0, 0.05) is 19.2 Å². The van der Waals surface area contributed by atoms with Crippen LogP contribution in [0.3, 0.4) is 0 Å². The maximum Gasteiger partial charge on any atom is 0.0613 e. The highest BCUT2D eigenvalue weighted by atomic mass is 16.5. The van der Waals surface area contributed by atoms with Gasteiger partial charge in [-0.1, -0.05) is 44.2 Å². The molecular weight excluding hydrogens is 222 g/mol. The minimum Gasteiger partial charge on any atom is -0.378 e. The van der Waals surface area contributed by atoms with Gasteiger partial charge in [-0.15, -0.1) is 0 Å². The first-order valence-electron chi connectivity index (χ1n) is 7.25. The number of hydrogen-bond acceptors (Lipinski definition) is 2. The van der Waals surface area contributed by atoms with Crippen molar-refractivity contribution in [1.82, 2.24) is 5.32 Å². The summed E-state index contributed by atoms with van der Waals surface area (Å²) in [6.45, 7) is 6.48. The highest BCUT2D eigenvalue weighted by molar-refractivity contribution is 5.18. The third-order valence-electron chi connectivity index (χ3n) is 3.99. The van der Waals surface area contributed by atoms with Gasteiger partial charge in [0.2, 0.25) is 0 Å².